The summed E-state index contributed by atoms with van der Waals surface area (Å²) in [6, 6.07) is 27.5. The fraction of sp³-hybridized carbons (Fsp3) is 0.107. The Bertz CT molecular complexity index is 1410. The normalized spacial score (nSPS) is 11.8. The van der Waals surface area contributed by atoms with E-state index in [2.05, 4.69) is 56.1 Å². The number of carbonyl (C=O) groups excluding carboxylic acids is 1. The number of carbonyl (C=O) groups is 1. The zero-order valence-electron chi connectivity index (χ0n) is 18.8. The number of amides is 1. The lowest BCUT2D eigenvalue weighted by Gasteiger charge is -2.21. The number of fused-ring (bicyclic) bond motifs is 1. The van der Waals surface area contributed by atoms with Crippen molar-refractivity contribution in [3.8, 4) is 11.1 Å². The van der Waals surface area contributed by atoms with Crippen molar-refractivity contribution in [3.63, 3.8) is 0 Å². The third-order valence-electron chi connectivity index (χ3n) is 5.86. The van der Waals surface area contributed by atoms with Gasteiger partial charge in [0.15, 0.2) is 0 Å². The minimum atomic E-state index is -0.121. The average Bonchev–Trinajstić information content (AvgIpc) is 3.27. The van der Waals surface area contributed by atoms with Crippen molar-refractivity contribution < 1.29 is 4.79 Å². The van der Waals surface area contributed by atoms with Crippen LogP contribution in [0.2, 0.25) is 0 Å². The molecule has 0 aliphatic rings. The molecule has 0 aliphatic carbocycles. The third-order valence-corrected chi connectivity index (χ3v) is 5.86. The molecule has 0 spiro atoms. The van der Waals surface area contributed by atoms with Gasteiger partial charge in [-0.1, -0.05) is 54.6 Å². The van der Waals surface area contributed by atoms with Crippen molar-refractivity contribution in [2.24, 2.45) is 0 Å². The Morgan fingerprint density at radius 2 is 1.68 bits per heavy atom. The maximum atomic E-state index is 12.6. The Morgan fingerprint density at radius 1 is 0.912 bits per heavy atom. The average molecular weight is 448 g/mol. The number of rotatable bonds is 7. The predicted octanol–water partition coefficient (Wildman–Crippen LogP) is 5.52. The lowest BCUT2D eigenvalue weighted by Crippen LogP contribution is -2.31. The SMILES string of the molecule is Cc1[nH]nc2ccc(-c3cncc(N[C@@H](CNC(=O)c4ccccc4)c4ccccc4)c3)cc12. The highest BCUT2D eigenvalue weighted by molar-refractivity contribution is 5.94. The quantitative estimate of drug-likeness (QED) is 0.307. The molecule has 0 aliphatic heterocycles. The van der Waals surface area contributed by atoms with Crippen LogP contribution in [0.25, 0.3) is 22.0 Å². The first-order valence-corrected chi connectivity index (χ1v) is 11.2. The van der Waals surface area contributed by atoms with Gasteiger partial charge in [-0.2, -0.15) is 5.10 Å². The maximum absolute atomic E-state index is 12.6. The van der Waals surface area contributed by atoms with Gasteiger partial charge in [-0.25, -0.2) is 0 Å². The molecule has 6 nitrogen and oxygen atoms in total. The lowest BCUT2D eigenvalue weighted by atomic mass is 10.0. The molecule has 6 heteroatoms. The molecule has 2 aromatic heterocycles. The Morgan fingerprint density at radius 3 is 2.47 bits per heavy atom. The Balaban J connectivity index is 1.38. The smallest absolute Gasteiger partial charge is 0.251 e. The second-order valence-electron chi connectivity index (χ2n) is 8.23. The minimum absolute atomic E-state index is 0.0982. The number of nitrogens with zero attached hydrogens (tertiary/aromatic N) is 2. The van der Waals surface area contributed by atoms with Crippen molar-refractivity contribution in [2.75, 3.05) is 11.9 Å². The van der Waals surface area contributed by atoms with Crippen molar-refractivity contribution in [1.29, 1.82) is 0 Å². The highest BCUT2D eigenvalue weighted by Gasteiger charge is 2.15. The number of anilines is 1. The van der Waals surface area contributed by atoms with Crippen LogP contribution in [-0.2, 0) is 0 Å². The first-order chi connectivity index (χ1) is 16.7. The molecule has 168 valence electrons. The number of aromatic amines is 1. The molecule has 3 N–H and O–H groups in total. The Kier molecular flexibility index (Phi) is 6.03. The van der Waals surface area contributed by atoms with Crippen molar-refractivity contribution in [2.45, 2.75) is 13.0 Å². The summed E-state index contributed by atoms with van der Waals surface area (Å²) in [5.41, 5.74) is 6.66. The summed E-state index contributed by atoms with van der Waals surface area (Å²) in [6.07, 6.45) is 3.66. The highest BCUT2D eigenvalue weighted by Crippen LogP contribution is 2.27. The van der Waals surface area contributed by atoms with E-state index >= 15 is 0 Å². The number of aryl methyl sites for hydroxylation is 1. The van der Waals surface area contributed by atoms with E-state index in [0.717, 1.165) is 39.0 Å². The summed E-state index contributed by atoms with van der Waals surface area (Å²) in [4.78, 5) is 17.1. The number of H-pyrrole nitrogens is 1. The molecule has 2 heterocycles. The zero-order valence-corrected chi connectivity index (χ0v) is 18.8. The van der Waals surface area contributed by atoms with Crippen LogP contribution in [0, 0.1) is 6.92 Å². The maximum Gasteiger partial charge on any atom is 0.251 e. The van der Waals surface area contributed by atoms with Crippen LogP contribution in [0.15, 0.2) is 97.3 Å². The van der Waals surface area contributed by atoms with Gasteiger partial charge in [0.1, 0.15) is 0 Å². The third kappa shape index (κ3) is 4.66. The van der Waals surface area contributed by atoms with Gasteiger partial charge in [-0.15, -0.1) is 0 Å². The van der Waals surface area contributed by atoms with E-state index < -0.39 is 0 Å². The lowest BCUT2D eigenvalue weighted by molar-refractivity contribution is 0.0952. The van der Waals surface area contributed by atoms with Gasteiger partial charge in [0.2, 0.25) is 0 Å². The summed E-state index contributed by atoms with van der Waals surface area (Å²) in [7, 11) is 0. The predicted molar refractivity (Wildman–Crippen MR) is 136 cm³/mol. The van der Waals surface area contributed by atoms with Crippen molar-refractivity contribution in [3.05, 3.63) is 114 Å². The molecule has 0 bridgehead atoms. The molecular formula is C28H25N5O. The van der Waals surface area contributed by atoms with Crippen LogP contribution in [-0.4, -0.2) is 27.6 Å². The van der Waals surface area contributed by atoms with Crippen LogP contribution in [0.3, 0.4) is 0 Å². The number of hydrogen-bond donors (Lipinski definition) is 3. The first kappa shape index (κ1) is 21.4. The number of nitrogens with one attached hydrogen (secondary N) is 3. The van der Waals surface area contributed by atoms with Gasteiger partial charge in [0, 0.05) is 41.1 Å². The highest BCUT2D eigenvalue weighted by atomic mass is 16.1. The molecular weight excluding hydrogens is 422 g/mol. The van der Waals surface area contributed by atoms with E-state index in [1.807, 2.05) is 67.7 Å². The van der Waals surface area contributed by atoms with E-state index in [4.69, 9.17) is 0 Å². The molecule has 0 unspecified atom stereocenters. The van der Waals surface area contributed by atoms with Crippen LogP contribution < -0.4 is 10.6 Å². The van der Waals surface area contributed by atoms with Gasteiger partial charge in [-0.05, 0) is 48.4 Å². The standard InChI is InChI=1S/C28H25N5O/c1-19-25-15-22(12-13-26(25)33-32-19)23-14-24(17-29-16-23)31-27(20-8-4-2-5-9-20)18-30-28(34)21-10-6-3-7-11-21/h2-17,27,31H,18H2,1H3,(H,30,34)(H,32,33)/t27-/m0/s1. The van der Waals surface area contributed by atoms with Gasteiger partial charge in [0.25, 0.3) is 5.91 Å². The summed E-state index contributed by atoms with van der Waals surface area (Å²) >= 11 is 0. The van der Waals surface area contributed by atoms with E-state index in [9.17, 15) is 4.79 Å². The largest absolute Gasteiger partial charge is 0.375 e. The fourth-order valence-corrected chi connectivity index (χ4v) is 4.02. The van der Waals surface area contributed by atoms with E-state index in [0.29, 0.717) is 12.1 Å². The molecule has 1 amide bonds. The summed E-state index contributed by atoms with van der Waals surface area (Å²) in [6.45, 7) is 2.45. The summed E-state index contributed by atoms with van der Waals surface area (Å²) in [5, 5.41) is 15.1. The van der Waals surface area contributed by atoms with Crippen molar-refractivity contribution in [1.82, 2.24) is 20.5 Å². The number of hydrogen-bond acceptors (Lipinski definition) is 4. The topological polar surface area (TPSA) is 82.7 Å². The van der Waals surface area contributed by atoms with Crippen LogP contribution in [0.4, 0.5) is 5.69 Å². The molecule has 5 aromatic rings. The molecule has 0 saturated carbocycles. The molecule has 0 saturated heterocycles. The van der Waals surface area contributed by atoms with Gasteiger partial charge < -0.3 is 10.6 Å². The van der Waals surface area contributed by atoms with Gasteiger partial charge in [-0.3, -0.25) is 14.9 Å². The van der Waals surface area contributed by atoms with E-state index in [-0.39, 0.29) is 11.9 Å². The Labute approximate surface area is 198 Å². The second-order valence-corrected chi connectivity index (χ2v) is 8.23. The molecule has 3 aromatic carbocycles. The van der Waals surface area contributed by atoms with Crippen molar-refractivity contribution >= 4 is 22.5 Å². The number of pyridine rings is 1. The monoisotopic (exact) mass is 447 g/mol. The minimum Gasteiger partial charge on any atom is -0.375 e. The molecule has 0 fully saturated rings. The van der Waals surface area contributed by atoms with Crippen LogP contribution >= 0.6 is 0 Å². The molecule has 34 heavy (non-hydrogen) atoms. The molecule has 0 radical (unpaired) electrons. The summed E-state index contributed by atoms with van der Waals surface area (Å²) < 4.78 is 0. The fourth-order valence-electron chi connectivity index (χ4n) is 4.02. The van der Waals surface area contributed by atoms with Gasteiger partial charge >= 0.3 is 0 Å². The van der Waals surface area contributed by atoms with E-state index in [1.54, 1.807) is 6.20 Å². The van der Waals surface area contributed by atoms with Crippen LogP contribution in [0.1, 0.15) is 27.7 Å². The van der Waals surface area contributed by atoms with Crippen LogP contribution in [0.5, 0.6) is 0 Å². The van der Waals surface area contributed by atoms with E-state index in [1.165, 1.54) is 0 Å². The second kappa shape index (κ2) is 9.58. The van der Waals surface area contributed by atoms with Gasteiger partial charge in [0.05, 0.1) is 17.2 Å². The number of benzene rings is 3. The molecule has 1 atom stereocenters. The summed E-state index contributed by atoms with van der Waals surface area (Å²) in [5.74, 6) is -0.0982. The Hall–Kier alpha value is -4.45. The molecule has 5 rings (SSSR count). The number of aromatic nitrogens is 3. The zero-order chi connectivity index (χ0) is 23.3. The first-order valence-electron chi connectivity index (χ1n) is 11.2.